The van der Waals surface area contributed by atoms with Crippen LogP contribution in [0.3, 0.4) is 0 Å². The van der Waals surface area contributed by atoms with Crippen molar-refractivity contribution in [1.29, 1.82) is 0 Å². The van der Waals surface area contributed by atoms with Crippen LogP contribution in [0.2, 0.25) is 5.02 Å². The number of nitrogens with one attached hydrogen (secondary N) is 1. The maximum absolute atomic E-state index is 13.1. The molecule has 21 heavy (non-hydrogen) atoms. The predicted molar refractivity (Wildman–Crippen MR) is 89.4 cm³/mol. The Balaban J connectivity index is 1.89. The van der Waals surface area contributed by atoms with E-state index in [4.69, 9.17) is 11.6 Å². The van der Waals surface area contributed by atoms with Crippen LogP contribution in [0.25, 0.3) is 0 Å². The van der Waals surface area contributed by atoms with E-state index in [1.165, 1.54) is 25.0 Å². The molecule has 3 rings (SSSR count). The van der Waals surface area contributed by atoms with Gasteiger partial charge in [-0.15, -0.1) is 0 Å². The van der Waals surface area contributed by atoms with Gasteiger partial charge < -0.3 is 5.32 Å². The number of anilines is 1. The quantitative estimate of drug-likeness (QED) is 0.686. The molecule has 1 aliphatic carbocycles. The summed E-state index contributed by atoms with van der Waals surface area (Å²) in [6, 6.07) is 10.9. The van der Waals surface area contributed by atoms with Crippen molar-refractivity contribution in [2.45, 2.75) is 25.8 Å². The molecule has 0 heterocycles. The van der Waals surface area contributed by atoms with E-state index < -0.39 is 0 Å². The summed E-state index contributed by atoms with van der Waals surface area (Å²) in [5, 5.41) is 4.30. The van der Waals surface area contributed by atoms with Gasteiger partial charge in [-0.2, -0.15) is 0 Å². The molecule has 0 saturated heterocycles. The average Bonchev–Trinajstić information content (AvgIpc) is 3.27. The summed E-state index contributed by atoms with van der Waals surface area (Å²) in [6.07, 6.45) is 2.40. The molecule has 2 aromatic rings. The highest BCUT2D eigenvalue weighted by Gasteiger charge is 2.32. The molecule has 2 aromatic carbocycles. The molecule has 0 aromatic heterocycles. The zero-order valence-corrected chi connectivity index (χ0v) is 14.0. The Morgan fingerprint density at radius 1 is 1.24 bits per heavy atom. The average molecular weight is 369 g/mol. The molecule has 1 nitrogen and oxygen atoms in total. The Hall–Kier alpha value is -1.06. The molecule has 0 radical (unpaired) electrons. The second-order valence-corrected chi connectivity index (χ2v) is 6.85. The lowest BCUT2D eigenvalue weighted by atomic mass is 10.0. The van der Waals surface area contributed by atoms with Crippen molar-refractivity contribution in [3.63, 3.8) is 0 Å². The highest BCUT2D eigenvalue weighted by atomic mass is 79.9. The minimum absolute atomic E-state index is 0.195. The molecule has 0 aliphatic heterocycles. The van der Waals surface area contributed by atoms with Crippen molar-refractivity contribution in [2.75, 3.05) is 5.32 Å². The van der Waals surface area contributed by atoms with Gasteiger partial charge in [0, 0.05) is 9.50 Å². The normalized spacial score (nSPS) is 15.8. The first-order chi connectivity index (χ1) is 10.0. The first-order valence-corrected chi connectivity index (χ1v) is 8.19. The third kappa shape index (κ3) is 3.41. The smallest absolute Gasteiger partial charge is 0.123 e. The molecular formula is C17H16BrClFN. The van der Waals surface area contributed by atoms with Crippen molar-refractivity contribution < 1.29 is 4.39 Å². The molecular weight excluding hydrogens is 353 g/mol. The monoisotopic (exact) mass is 367 g/mol. The topological polar surface area (TPSA) is 12.0 Å². The van der Waals surface area contributed by atoms with Crippen LogP contribution in [0.5, 0.6) is 0 Å². The maximum Gasteiger partial charge on any atom is 0.123 e. The lowest BCUT2D eigenvalue weighted by Gasteiger charge is -2.21. The Labute approximate surface area is 137 Å². The number of benzene rings is 2. The lowest BCUT2D eigenvalue weighted by molar-refractivity contribution is 0.622. The number of rotatable bonds is 4. The summed E-state index contributed by atoms with van der Waals surface area (Å²) in [5.41, 5.74) is 3.13. The fourth-order valence-corrected chi connectivity index (χ4v) is 3.23. The second kappa shape index (κ2) is 5.98. The lowest BCUT2D eigenvalue weighted by Crippen LogP contribution is -2.13. The summed E-state index contributed by atoms with van der Waals surface area (Å²) in [5.74, 6) is 0.398. The fourth-order valence-electron chi connectivity index (χ4n) is 2.50. The summed E-state index contributed by atoms with van der Waals surface area (Å²) in [4.78, 5) is 0. The minimum atomic E-state index is -0.201. The van der Waals surface area contributed by atoms with Crippen molar-refractivity contribution in [3.8, 4) is 0 Å². The summed E-state index contributed by atoms with van der Waals surface area (Å²) in [7, 11) is 0. The molecule has 0 bridgehead atoms. The van der Waals surface area contributed by atoms with E-state index in [2.05, 4.69) is 21.2 Å². The van der Waals surface area contributed by atoms with E-state index in [-0.39, 0.29) is 11.9 Å². The first-order valence-electron chi connectivity index (χ1n) is 7.02. The van der Waals surface area contributed by atoms with Gasteiger partial charge in [0.05, 0.1) is 11.7 Å². The Bertz CT molecular complexity index is 653. The van der Waals surface area contributed by atoms with E-state index in [1.54, 1.807) is 0 Å². The highest BCUT2D eigenvalue weighted by Crippen LogP contribution is 2.44. The molecule has 1 saturated carbocycles. The molecule has 110 valence electrons. The van der Waals surface area contributed by atoms with Crippen LogP contribution in [-0.2, 0) is 0 Å². The summed E-state index contributed by atoms with van der Waals surface area (Å²) >= 11 is 9.80. The Morgan fingerprint density at radius 3 is 2.52 bits per heavy atom. The van der Waals surface area contributed by atoms with Crippen molar-refractivity contribution in [3.05, 3.63) is 62.8 Å². The maximum atomic E-state index is 13.1. The van der Waals surface area contributed by atoms with E-state index in [9.17, 15) is 4.39 Å². The van der Waals surface area contributed by atoms with Gasteiger partial charge in [-0.1, -0.05) is 23.7 Å². The van der Waals surface area contributed by atoms with Gasteiger partial charge in [0.25, 0.3) is 0 Å². The number of aryl methyl sites for hydroxylation is 1. The first kappa shape index (κ1) is 14.9. The highest BCUT2D eigenvalue weighted by molar-refractivity contribution is 9.10. The van der Waals surface area contributed by atoms with E-state index in [0.29, 0.717) is 5.92 Å². The van der Waals surface area contributed by atoms with Gasteiger partial charge in [-0.05, 0) is 77.0 Å². The van der Waals surface area contributed by atoms with Gasteiger partial charge in [0.1, 0.15) is 5.82 Å². The van der Waals surface area contributed by atoms with E-state index in [1.807, 2.05) is 31.2 Å². The van der Waals surface area contributed by atoms with E-state index >= 15 is 0 Å². The van der Waals surface area contributed by atoms with Crippen LogP contribution in [0, 0.1) is 18.7 Å². The van der Waals surface area contributed by atoms with Crippen molar-refractivity contribution in [2.24, 2.45) is 5.92 Å². The molecule has 0 amide bonds. The summed E-state index contributed by atoms with van der Waals surface area (Å²) < 4.78 is 14.1. The SMILES string of the molecule is Cc1cc(Br)c(NC(c2ccc(F)cc2)C2CC2)cc1Cl. The minimum Gasteiger partial charge on any atom is -0.377 e. The van der Waals surface area contributed by atoms with Crippen LogP contribution in [0.4, 0.5) is 10.1 Å². The largest absolute Gasteiger partial charge is 0.377 e. The zero-order valence-electron chi connectivity index (χ0n) is 11.7. The molecule has 1 aliphatic rings. The molecule has 4 heteroatoms. The number of hydrogen-bond acceptors (Lipinski definition) is 1. The summed E-state index contributed by atoms with van der Waals surface area (Å²) in [6.45, 7) is 1.98. The molecule has 0 spiro atoms. The zero-order chi connectivity index (χ0) is 15.0. The van der Waals surface area contributed by atoms with Gasteiger partial charge in [-0.3, -0.25) is 0 Å². The Morgan fingerprint density at radius 2 is 1.90 bits per heavy atom. The molecule has 1 atom stereocenters. The predicted octanol–water partition coefficient (Wildman–Crippen LogP) is 6.11. The third-order valence-corrected chi connectivity index (χ3v) is 4.95. The fraction of sp³-hybridized carbons (Fsp3) is 0.294. The molecule has 1 unspecified atom stereocenters. The van der Waals surface area contributed by atoms with Crippen molar-refractivity contribution >= 4 is 33.2 Å². The van der Waals surface area contributed by atoms with Crippen LogP contribution in [-0.4, -0.2) is 0 Å². The third-order valence-electron chi connectivity index (χ3n) is 3.88. The second-order valence-electron chi connectivity index (χ2n) is 5.59. The van der Waals surface area contributed by atoms with E-state index in [0.717, 1.165) is 26.3 Å². The van der Waals surface area contributed by atoms with Crippen molar-refractivity contribution in [1.82, 2.24) is 0 Å². The van der Waals surface area contributed by atoms with Gasteiger partial charge in [0.15, 0.2) is 0 Å². The number of hydrogen-bond donors (Lipinski definition) is 1. The van der Waals surface area contributed by atoms with Gasteiger partial charge in [-0.25, -0.2) is 4.39 Å². The van der Waals surface area contributed by atoms with Crippen LogP contribution < -0.4 is 5.32 Å². The molecule has 1 N–H and O–H groups in total. The standard InChI is InChI=1S/C17H16BrClFN/c1-10-8-14(18)16(9-15(10)19)21-17(11-2-3-11)12-4-6-13(20)7-5-12/h4-9,11,17,21H,2-3H2,1H3. The van der Waals surface area contributed by atoms with Crippen LogP contribution >= 0.6 is 27.5 Å². The van der Waals surface area contributed by atoms with Crippen LogP contribution in [0.15, 0.2) is 40.9 Å². The number of halogens is 3. The van der Waals surface area contributed by atoms with Gasteiger partial charge in [0.2, 0.25) is 0 Å². The Kier molecular flexibility index (Phi) is 4.23. The molecule has 1 fully saturated rings. The van der Waals surface area contributed by atoms with Gasteiger partial charge >= 0.3 is 0 Å². The van der Waals surface area contributed by atoms with Crippen LogP contribution in [0.1, 0.15) is 30.0 Å².